The Morgan fingerprint density at radius 1 is 1.27 bits per heavy atom. The number of thiol groups is 1. The minimum Gasteiger partial charge on any atom is -0.312 e. The summed E-state index contributed by atoms with van der Waals surface area (Å²) in [5, 5.41) is 0. The van der Waals surface area contributed by atoms with Crippen molar-refractivity contribution in [2.45, 2.75) is 13.3 Å². The molecule has 0 saturated carbocycles. The lowest BCUT2D eigenvalue weighted by Crippen LogP contribution is -1.99. The summed E-state index contributed by atoms with van der Waals surface area (Å²) in [4.78, 5) is 2.00. The highest BCUT2D eigenvalue weighted by molar-refractivity contribution is 7.67. The van der Waals surface area contributed by atoms with Gasteiger partial charge in [0.1, 0.15) is 0 Å². The van der Waals surface area contributed by atoms with Crippen molar-refractivity contribution in [3.05, 3.63) is 0 Å². The maximum absolute atomic E-state index is 9.57. The fraction of sp³-hybridized carbons (Fsp3) is 1.00. The van der Waals surface area contributed by atoms with E-state index in [2.05, 4.69) is 4.18 Å². The summed E-state index contributed by atoms with van der Waals surface area (Å²) >= 11 is 0. The molecule has 0 aliphatic heterocycles. The molecule has 0 atom stereocenters. The normalized spacial score (nSPS) is 9.64. The standard InChI is InChI=1S/C3H9N.C3H8O3S/c1-4(2)3;1-2-3-6-7(4)5/h1-3H3;7H,2-3H2,1H3. The minimum absolute atomic E-state index is 0.304. The van der Waals surface area contributed by atoms with Gasteiger partial charge in [0, 0.05) is 0 Å². The molecule has 0 aromatic rings. The smallest absolute Gasteiger partial charge is 0.257 e. The summed E-state index contributed by atoms with van der Waals surface area (Å²) in [6, 6.07) is 0. The van der Waals surface area contributed by atoms with Gasteiger partial charge in [0.15, 0.2) is 0 Å². The van der Waals surface area contributed by atoms with Crippen molar-refractivity contribution in [3.63, 3.8) is 0 Å². The SMILES string of the molecule is CCCO[SH](=O)=O.CN(C)C. The molecule has 11 heavy (non-hydrogen) atoms. The van der Waals surface area contributed by atoms with Crippen molar-refractivity contribution in [3.8, 4) is 0 Å². The zero-order chi connectivity index (χ0) is 9.28. The summed E-state index contributed by atoms with van der Waals surface area (Å²) in [6.07, 6.45) is 0.739. The highest BCUT2D eigenvalue weighted by atomic mass is 32.2. The zero-order valence-corrected chi connectivity index (χ0v) is 8.43. The average Bonchev–Trinajstić information content (AvgIpc) is 1.82. The molecule has 0 aromatic heterocycles. The van der Waals surface area contributed by atoms with Crippen LogP contribution in [0.3, 0.4) is 0 Å². The van der Waals surface area contributed by atoms with E-state index in [1.54, 1.807) is 0 Å². The molecule has 0 aliphatic rings. The quantitative estimate of drug-likeness (QED) is 0.631. The molecule has 0 heterocycles. The molecule has 0 aromatic carbocycles. The summed E-state index contributed by atoms with van der Waals surface area (Å²) in [6.45, 7) is 2.15. The third kappa shape index (κ3) is 40.8. The lowest BCUT2D eigenvalue weighted by atomic mass is 10.5. The van der Waals surface area contributed by atoms with Gasteiger partial charge in [-0.3, -0.25) is 4.18 Å². The molecule has 5 heteroatoms. The lowest BCUT2D eigenvalue weighted by molar-refractivity contribution is 0.333. The molecule has 0 spiro atoms. The molecule has 0 N–H and O–H groups in total. The monoisotopic (exact) mass is 183 g/mol. The Kier molecular flexibility index (Phi) is 12.1. The first kappa shape index (κ1) is 13.5. The molecule has 0 radical (unpaired) electrons. The second kappa shape index (κ2) is 9.87. The molecule has 70 valence electrons. The van der Waals surface area contributed by atoms with Crippen molar-refractivity contribution < 1.29 is 12.6 Å². The van der Waals surface area contributed by atoms with E-state index in [0.29, 0.717) is 6.61 Å². The molecule has 0 rings (SSSR count). The third-order valence-electron chi connectivity index (χ3n) is 0.401. The van der Waals surface area contributed by atoms with Crippen molar-refractivity contribution in [2.75, 3.05) is 27.7 Å². The van der Waals surface area contributed by atoms with Gasteiger partial charge >= 0.3 is 0 Å². The van der Waals surface area contributed by atoms with Gasteiger partial charge in [0.05, 0.1) is 6.61 Å². The first-order chi connectivity index (χ1) is 5.00. The molecular formula is C6H17NO3S. The first-order valence-corrected chi connectivity index (χ1v) is 4.48. The van der Waals surface area contributed by atoms with Crippen molar-refractivity contribution >= 4 is 11.0 Å². The van der Waals surface area contributed by atoms with Crippen LogP contribution in [0.25, 0.3) is 0 Å². The van der Waals surface area contributed by atoms with Crippen LogP contribution in [0.5, 0.6) is 0 Å². The largest absolute Gasteiger partial charge is 0.312 e. The molecule has 0 bridgehead atoms. The van der Waals surface area contributed by atoms with Crippen LogP contribution >= 0.6 is 0 Å². The average molecular weight is 183 g/mol. The van der Waals surface area contributed by atoms with Crippen molar-refractivity contribution in [1.29, 1.82) is 0 Å². The number of hydrogen-bond donors (Lipinski definition) is 1. The Balaban J connectivity index is 0. The zero-order valence-electron chi connectivity index (χ0n) is 7.53. The highest BCUT2D eigenvalue weighted by Gasteiger charge is 1.79. The Bertz CT molecular complexity index is 123. The maximum Gasteiger partial charge on any atom is 0.257 e. The van der Waals surface area contributed by atoms with Gasteiger partial charge in [0.2, 0.25) is 0 Å². The van der Waals surface area contributed by atoms with Gasteiger partial charge in [-0.05, 0) is 27.6 Å². The van der Waals surface area contributed by atoms with Crippen LogP contribution in [-0.4, -0.2) is 41.1 Å². The van der Waals surface area contributed by atoms with E-state index in [1.807, 2.05) is 33.0 Å². The molecule has 0 saturated heterocycles. The third-order valence-corrected chi connectivity index (χ3v) is 0.794. The Morgan fingerprint density at radius 2 is 1.64 bits per heavy atom. The maximum atomic E-state index is 9.57. The summed E-state index contributed by atoms with van der Waals surface area (Å²) < 4.78 is 23.3. The topological polar surface area (TPSA) is 46.6 Å². The van der Waals surface area contributed by atoms with Crippen LogP contribution in [0.1, 0.15) is 13.3 Å². The van der Waals surface area contributed by atoms with E-state index >= 15 is 0 Å². The number of nitrogens with zero attached hydrogens (tertiary/aromatic N) is 1. The Labute approximate surface area is 70.3 Å². The number of rotatable bonds is 3. The van der Waals surface area contributed by atoms with Crippen molar-refractivity contribution in [2.24, 2.45) is 0 Å². The Morgan fingerprint density at radius 3 is 1.73 bits per heavy atom. The fourth-order valence-electron chi connectivity index (χ4n) is 0.166. The van der Waals surface area contributed by atoms with Gasteiger partial charge in [-0.2, -0.15) is 0 Å². The van der Waals surface area contributed by atoms with Crippen LogP contribution in [0.2, 0.25) is 0 Å². The summed E-state index contributed by atoms with van der Waals surface area (Å²) in [7, 11) is 3.39. The lowest BCUT2D eigenvalue weighted by Gasteiger charge is -1.90. The van der Waals surface area contributed by atoms with Gasteiger partial charge in [-0.25, -0.2) is 8.42 Å². The van der Waals surface area contributed by atoms with Crippen LogP contribution in [-0.2, 0) is 15.2 Å². The predicted octanol–water partition coefficient (Wildman–Crippen LogP) is 0.117. The van der Waals surface area contributed by atoms with Crippen LogP contribution in [0.4, 0.5) is 0 Å². The minimum atomic E-state index is -2.61. The first-order valence-electron chi connectivity index (χ1n) is 3.39. The van der Waals surface area contributed by atoms with E-state index in [1.165, 1.54) is 0 Å². The second-order valence-corrected chi connectivity index (χ2v) is 3.10. The Hall–Kier alpha value is -0.130. The summed E-state index contributed by atoms with van der Waals surface area (Å²) in [5.74, 6) is 0. The van der Waals surface area contributed by atoms with Gasteiger partial charge in [-0.15, -0.1) is 0 Å². The van der Waals surface area contributed by atoms with E-state index in [0.717, 1.165) is 6.42 Å². The molecular weight excluding hydrogens is 166 g/mol. The molecule has 0 aliphatic carbocycles. The van der Waals surface area contributed by atoms with Crippen LogP contribution < -0.4 is 0 Å². The molecule has 0 amide bonds. The van der Waals surface area contributed by atoms with Gasteiger partial charge < -0.3 is 4.90 Å². The van der Waals surface area contributed by atoms with Crippen molar-refractivity contribution in [1.82, 2.24) is 4.90 Å². The second-order valence-electron chi connectivity index (χ2n) is 2.40. The number of hydrogen-bond acceptors (Lipinski definition) is 4. The van der Waals surface area contributed by atoms with Gasteiger partial charge in [-0.1, -0.05) is 6.92 Å². The highest BCUT2D eigenvalue weighted by Crippen LogP contribution is 1.76. The molecule has 4 nitrogen and oxygen atoms in total. The van der Waals surface area contributed by atoms with E-state index in [-0.39, 0.29) is 0 Å². The molecule has 0 fully saturated rings. The fourth-order valence-corrected chi connectivity index (χ4v) is 0.497. The van der Waals surface area contributed by atoms with Crippen LogP contribution in [0, 0.1) is 0 Å². The van der Waals surface area contributed by atoms with Crippen LogP contribution in [0.15, 0.2) is 0 Å². The van der Waals surface area contributed by atoms with E-state index < -0.39 is 11.0 Å². The predicted molar refractivity (Wildman–Crippen MR) is 46.2 cm³/mol. The van der Waals surface area contributed by atoms with Gasteiger partial charge in [0.25, 0.3) is 11.0 Å². The summed E-state index contributed by atoms with van der Waals surface area (Å²) in [5.41, 5.74) is 0. The van der Waals surface area contributed by atoms with E-state index in [4.69, 9.17) is 0 Å². The van der Waals surface area contributed by atoms with E-state index in [9.17, 15) is 8.42 Å². The molecule has 0 unspecified atom stereocenters.